The van der Waals surface area contributed by atoms with E-state index in [4.69, 9.17) is 5.10 Å². The number of rotatable bonds is 4. The lowest BCUT2D eigenvalue weighted by atomic mass is 9.95. The Hall–Kier alpha value is -2.47. The van der Waals surface area contributed by atoms with Crippen LogP contribution in [0.3, 0.4) is 0 Å². The zero-order chi connectivity index (χ0) is 19.0. The maximum atomic E-state index is 13.2. The monoisotopic (exact) mass is 367 g/mol. The van der Waals surface area contributed by atoms with Crippen molar-refractivity contribution in [3.05, 3.63) is 65.3 Å². The van der Waals surface area contributed by atoms with E-state index in [-0.39, 0.29) is 5.82 Å². The van der Waals surface area contributed by atoms with E-state index in [2.05, 4.69) is 35.3 Å². The summed E-state index contributed by atoms with van der Waals surface area (Å²) in [5.41, 5.74) is 4.35. The minimum atomic E-state index is -0.226. The summed E-state index contributed by atoms with van der Waals surface area (Å²) in [5.74, 6) is 1.52. The van der Waals surface area contributed by atoms with Crippen molar-refractivity contribution < 1.29 is 4.39 Å². The second kappa shape index (κ2) is 7.27. The molecule has 27 heavy (non-hydrogen) atoms. The van der Waals surface area contributed by atoms with Crippen LogP contribution < -0.4 is 0 Å². The molecule has 0 spiro atoms. The fourth-order valence-electron chi connectivity index (χ4n) is 4.08. The van der Waals surface area contributed by atoms with Crippen LogP contribution >= 0.6 is 0 Å². The number of benzene rings is 1. The highest BCUT2D eigenvalue weighted by atomic mass is 19.1. The molecule has 1 aliphatic heterocycles. The molecular formula is C21H26FN5. The second-order valence-corrected chi connectivity index (χ2v) is 7.48. The molecule has 1 aromatic carbocycles. The van der Waals surface area contributed by atoms with Crippen molar-refractivity contribution in [2.24, 2.45) is 7.05 Å². The number of likely N-dealkylation sites (tertiary alicyclic amines) is 1. The lowest BCUT2D eigenvalue weighted by molar-refractivity contribution is 0.200. The minimum absolute atomic E-state index is 0.226. The Labute approximate surface area is 159 Å². The van der Waals surface area contributed by atoms with Gasteiger partial charge in [0, 0.05) is 43.2 Å². The van der Waals surface area contributed by atoms with Crippen molar-refractivity contribution in [3.8, 4) is 5.69 Å². The van der Waals surface area contributed by atoms with Crippen molar-refractivity contribution >= 4 is 0 Å². The number of hydrogen-bond acceptors (Lipinski definition) is 3. The largest absolute Gasteiger partial charge is 0.338 e. The summed E-state index contributed by atoms with van der Waals surface area (Å²) in [4.78, 5) is 7.03. The van der Waals surface area contributed by atoms with Gasteiger partial charge in [-0.05, 0) is 64.0 Å². The van der Waals surface area contributed by atoms with Crippen molar-refractivity contribution in [2.45, 2.75) is 39.2 Å². The molecule has 0 radical (unpaired) electrons. The highest BCUT2D eigenvalue weighted by Crippen LogP contribution is 2.28. The molecular weight excluding hydrogens is 341 g/mol. The maximum absolute atomic E-state index is 13.2. The van der Waals surface area contributed by atoms with E-state index in [1.807, 2.05) is 17.1 Å². The van der Waals surface area contributed by atoms with Crippen LogP contribution in [0.5, 0.6) is 0 Å². The second-order valence-electron chi connectivity index (χ2n) is 7.48. The van der Waals surface area contributed by atoms with Gasteiger partial charge in [0.1, 0.15) is 11.6 Å². The molecule has 4 rings (SSSR count). The van der Waals surface area contributed by atoms with Gasteiger partial charge in [-0.2, -0.15) is 5.10 Å². The fraction of sp³-hybridized carbons (Fsp3) is 0.429. The van der Waals surface area contributed by atoms with Crippen molar-refractivity contribution in [1.29, 1.82) is 0 Å². The molecule has 1 fully saturated rings. The van der Waals surface area contributed by atoms with E-state index in [0.29, 0.717) is 5.92 Å². The standard InChI is InChI=1S/C21H26FN5/c1-15-20(16(2)27(24-15)19-6-4-18(22)5-7-19)14-26-11-8-17(9-12-26)21-23-10-13-25(21)3/h4-7,10,13,17H,8-9,11-12,14H2,1-3H3. The van der Waals surface area contributed by atoms with Gasteiger partial charge >= 0.3 is 0 Å². The Balaban J connectivity index is 1.46. The lowest BCUT2D eigenvalue weighted by Crippen LogP contribution is -2.33. The molecule has 6 heteroatoms. The third kappa shape index (κ3) is 3.54. The van der Waals surface area contributed by atoms with E-state index in [9.17, 15) is 4.39 Å². The van der Waals surface area contributed by atoms with Crippen molar-refractivity contribution in [3.63, 3.8) is 0 Å². The maximum Gasteiger partial charge on any atom is 0.123 e. The number of aromatic nitrogens is 4. The first-order chi connectivity index (χ1) is 13.0. The van der Waals surface area contributed by atoms with Gasteiger partial charge in [0.05, 0.1) is 11.4 Å². The molecule has 3 heterocycles. The lowest BCUT2D eigenvalue weighted by Gasteiger charge is -2.31. The SMILES string of the molecule is Cc1nn(-c2ccc(F)cc2)c(C)c1CN1CCC(c2nccn2C)CC1. The van der Waals surface area contributed by atoms with Gasteiger partial charge in [-0.25, -0.2) is 14.1 Å². The van der Waals surface area contributed by atoms with Crippen molar-refractivity contribution in [1.82, 2.24) is 24.2 Å². The van der Waals surface area contributed by atoms with Crippen LogP contribution in [0.1, 0.15) is 41.5 Å². The van der Waals surface area contributed by atoms with E-state index < -0.39 is 0 Å². The number of aryl methyl sites for hydroxylation is 2. The van der Waals surface area contributed by atoms with Gasteiger partial charge in [-0.15, -0.1) is 0 Å². The normalized spacial score (nSPS) is 16.1. The number of hydrogen-bond donors (Lipinski definition) is 0. The quantitative estimate of drug-likeness (QED) is 0.705. The predicted molar refractivity (Wildman–Crippen MR) is 103 cm³/mol. The molecule has 142 valence electrons. The molecule has 0 aliphatic carbocycles. The van der Waals surface area contributed by atoms with Crippen molar-refractivity contribution in [2.75, 3.05) is 13.1 Å². The molecule has 0 bridgehead atoms. The Morgan fingerprint density at radius 1 is 1.11 bits per heavy atom. The topological polar surface area (TPSA) is 38.9 Å². The molecule has 0 saturated carbocycles. The summed E-state index contributed by atoms with van der Waals surface area (Å²) in [6, 6.07) is 6.51. The molecule has 1 aliphatic rings. The van der Waals surface area contributed by atoms with Crippen LogP contribution in [0.25, 0.3) is 5.69 Å². The third-order valence-electron chi connectivity index (χ3n) is 5.71. The van der Waals surface area contributed by atoms with Gasteiger partial charge in [-0.1, -0.05) is 0 Å². The van der Waals surface area contributed by atoms with E-state index in [1.54, 1.807) is 12.1 Å². The van der Waals surface area contributed by atoms with Crippen LogP contribution in [0.4, 0.5) is 4.39 Å². The van der Waals surface area contributed by atoms with E-state index in [1.165, 1.54) is 23.5 Å². The predicted octanol–water partition coefficient (Wildman–Crippen LogP) is 3.74. The first-order valence-electron chi connectivity index (χ1n) is 9.53. The molecule has 0 atom stereocenters. The highest BCUT2D eigenvalue weighted by Gasteiger charge is 2.24. The number of halogens is 1. The molecule has 3 aromatic rings. The smallest absolute Gasteiger partial charge is 0.123 e. The van der Waals surface area contributed by atoms with Crippen LogP contribution in [-0.2, 0) is 13.6 Å². The van der Waals surface area contributed by atoms with E-state index in [0.717, 1.165) is 49.6 Å². The van der Waals surface area contributed by atoms with Crippen LogP contribution in [0, 0.1) is 19.7 Å². The fourth-order valence-corrected chi connectivity index (χ4v) is 4.08. The van der Waals surface area contributed by atoms with Gasteiger partial charge in [-0.3, -0.25) is 4.90 Å². The summed E-state index contributed by atoms with van der Waals surface area (Å²) in [6.45, 7) is 7.20. The van der Waals surface area contributed by atoms with Crippen LogP contribution in [0.15, 0.2) is 36.7 Å². The Morgan fingerprint density at radius 2 is 1.81 bits per heavy atom. The van der Waals surface area contributed by atoms with Gasteiger partial charge in [0.25, 0.3) is 0 Å². The highest BCUT2D eigenvalue weighted by molar-refractivity contribution is 5.37. The first-order valence-corrected chi connectivity index (χ1v) is 9.53. The third-order valence-corrected chi connectivity index (χ3v) is 5.71. The minimum Gasteiger partial charge on any atom is -0.338 e. The molecule has 5 nitrogen and oxygen atoms in total. The Morgan fingerprint density at radius 3 is 2.44 bits per heavy atom. The number of piperidine rings is 1. The van der Waals surface area contributed by atoms with Crippen LogP contribution in [-0.4, -0.2) is 37.3 Å². The van der Waals surface area contributed by atoms with Gasteiger partial charge in [0.2, 0.25) is 0 Å². The summed E-state index contributed by atoms with van der Waals surface area (Å²) in [6.07, 6.45) is 6.18. The average Bonchev–Trinajstić information content (AvgIpc) is 3.21. The Bertz CT molecular complexity index is 917. The molecule has 0 unspecified atom stereocenters. The Kier molecular flexibility index (Phi) is 4.83. The summed E-state index contributed by atoms with van der Waals surface area (Å²) >= 11 is 0. The number of imidazole rings is 1. The molecule has 0 amide bonds. The first kappa shape index (κ1) is 17.9. The summed E-state index contributed by atoms with van der Waals surface area (Å²) in [7, 11) is 2.07. The zero-order valence-electron chi connectivity index (χ0n) is 16.2. The van der Waals surface area contributed by atoms with Crippen LogP contribution in [0.2, 0.25) is 0 Å². The summed E-state index contributed by atoms with van der Waals surface area (Å²) < 4.78 is 17.3. The molecule has 0 N–H and O–H groups in total. The summed E-state index contributed by atoms with van der Waals surface area (Å²) in [5, 5.41) is 4.70. The average molecular weight is 367 g/mol. The number of nitrogens with zero attached hydrogens (tertiary/aromatic N) is 5. The van der Waals surface area contributed by atoms with Gasteiger partial charge in [0.15, 0.2) is 0 Å². The molecule has 1 saturated heterocycles. The molecule has 2 aromatic heterocycles. The zero-order valence-corrected chi connectivity index (χ0v) is 16.2. The van der Waals surface area contributed by atoms with E-state index >= 15 is 0 Å². The van der Waals surface area contributed by atoms with Gasteiger partial charge < -0.3 is 4.57 Å².